The molecule has 76 valence electrons. The van der Waals surface area contributed by atoms with Crippen molar-refractivity contribution in [3.8, 4) is 0 Å². The second-order valence-electron chi connectivity index (χ2n) is 3.78. The highest BCUT2D eigenvalue weighted by molar-refractivity contribution is 7.80. The minimum atomic E-state index is -0.238. The van der Waals surface area contributed by atoms with Gasteiger partial charge >= 0.3 is 5.97 Å². The van der Waals surface area contributed by atoms with Gasteiger partial charge in [0.05, 0.1) is 13.0 Å². The Kier molecular flexibility index (Phi) is 4.06. The van der Waals surface area contributed by atoms with Gasteiger partial charge in [0, 0.05) is 12.2 Å². The van der Waals surface area contributed by atoms with Gasteiger partial charge in [-0.2, -0.15) is 12.6 Å². The van der Waals surface area contributed by atoms with Crippen molar-refractivity contribution in [1.29, 1.82) is 0 Å². The monoisotopic (exact) mass is 204 g/mol. The summed E-state index contributed by atoms with van der Waals surface area (Å²) in [6.45, 7) is 4.06. The first-order valence-corrected chi connectivity index (χ1v) is 5.44. The minimum Gasteiger partial charge on any atom is -0.453 e. The number of piperidine rings is 1. The summed E-state index contributed by atoms with van der Waals surface area (Å²) in [6, 6.07) is 0. The number of carbonyl (C=O) groups excluding carboxylic acids is 1. The summed E-state index contributed by atoms with van der Waals surface area (Å²) in [4.78, 5) is 11.2. The maximum Gasteiger partial charge on any atom is 0.307 e. The van der Waals surface area contributed by atoms with E-state index in [1.54, 1.807) is 0 Å². The largest absolute Gasteiger partial charge is 0.453 e. The van der Waals surface area contributed by atoms with Crippen LogP contribution < -0.4 is 5.32 Å². The lowest BCUT2D eigenvalue weighted by Gasteiger charge is -2.31. The minimum absolute atomic E-state index is 0.118. The van der Waals surface area contributed by atoms with Crippen LogP contribution in [0.25, 0.3) is 0 Å². The molecule has 0 radical (unpaired) electrons. The van der Waals surface area contributed by atoms with E-state index < -0.39 is 0 Å². The average Bonchev–Trinajstić information content (AvgIpc) is 2.04. The molecule has 0 aromatic heterocycles. The molecule has 1 atom stereocenters. The molecule has 0 aliphatic carbocycles. The fraction of sp³-hybridized carbons (Fsp3) is 0.889. The fourth-order valence-electron chi connectivity index (χ4n) is 1.64. The van der Waals surface area contributed by atoms with Crippen molar-refractivity contribution in [2.75, 3.05) is 18.8 Å². The molecule has 0 saturated carbocycles. The van der Waals surface area contributed by atoms with Crippen LogP contribution in [0.3, 0.4) is 0 Å². The van der Waals surface area contributed by atoms with Crippen molar-refractivity contribution in [3.63, 3.8) is 0 Å². The zero-order valence-electron chi connectivity index (χ0n) is 8.08. The smallest absolute Gasteiger partial charge is 0.307 e. The molecule has 0 aromatic rings. The highest BCUT2D eigenvalue weighted by Crippen LogP contribution is 2.18. The number of hydrogen-bond donors (Lipinski definition) is 2. The van der Waals surface area contributed by atoms with Crippen LogP contribution in [-0.4, -0.2) is 30.4 Å². The van der Waals surface area contributed by atoms with E-state index in [0.717, 1.165) is 25.9 Å². The Bertz CT molecular complexity index is 178. The molecule has 1 rings (SSSR count). The van der Waals surface area contributed by atoms with Crippen molar-refractivity contribution in [3.05, 3.63) is 0 Å². The Balaban J connectivity index is 2.36. The van der Waals surface area contributed by atoms with Crippen molar-refractivity contribution >= 4 is 18.6 Å². The van der Waals surface area contributed by atoms with Crippen LogP contribution in [-0.2, 0) is 9.53 Å². The molecule has 3 nitrogen and oxygen atoms in total. The third kappa shape index (κ3) is 3.56. The van der Waals surface area contributed by atoms with E-state index in [1.165, 1.54) is 0 Å². The first-order chi connectivity index (χ1) is 6.16. The lowest BCUT2D eigenvalue weighted by molar-refractivity contribution is -0.675. The van der Waals surface area contributed by atoms with E-state index >= 15 is 0 Å². The first-order valence-electron chi connectivity index (χ1n) is 4.81. The number of carbonyl (C=O) groups is 1. The van der Waals surface area contributed by atoms with Gasteiger partial charge in [-0.25, -0.2) is 0 Å². The Morgan fingerprint density at radius 2 is 2.46 bits per heavy atom. The standard InChI is InChI=1S/C9H17NO2S/c1-9(4-2-5-10-7-9)12-8(11)3-6-13/h10,13H,2-7H2,1H3/p+1. The van der Waals surface area contributed by atoms with Crippen LogP contribution in [0, 0.1) is 0 Å². The van der Waals surface area contributed by atoms with Crippen molar-refractivity contribution < 1.29 is 14.8 Å². The van der Waals surface area contributed by atoms with Gasteiger partial charge in [0.2, 0.25) is 0 Å². The fourth-order valence-corrected chi connectivity index (χ4v) is 1.82. The van der Waals surface area contributed by atoms with Crippen LogP contribution >= 0.6 is 12.6 Å². The number of nitrogens with two attached hydrogens (primary N) is 1. The molecule has 0 bridgehead atoms. The molecule has 4 heteroatoms. The van der Waals surface area contributed by atoms with Gasteiger partial charge in [0.1, 0.15) is 6.54 Å². The highest BCUT2D eigenvalue weighted by atomic mass is 32.1. The average molecular weight is 204 g/mol. The Labute approximate surface area is 84.6 Å². The SMILES string of the molecule is CC1(OC(=O)CCS)CCC[NH2+]C1. The third-order valence-electron chi connectivity index (χ3n) is 2.37. The maximum atomic E-state index is 11.2. The maximum absolute atomic E-state index is 11.2. The van der Waals surface area contributed by atoms with Gasteiger partial charge in [0.25, 0.3) is 0 Å². The van der Waals surface area contributed by atoms with Crippen molar-refractivity contribution in [1.82, 2.24) is 0 Å². The number of rotatable bonds is 3. The van der Waals surface area contributed by atoms with Gasteiger partial charge in [-0.1, -0.05) is 0 Å². The molecule has 13 heavy (non-hydrogen) atoms. The zero-order valence-corrected chi connectivity index (χ0v) is 8.98. The summed E-state index contributed by atoms with van der Waals surface area (Å²) in [5, 5.41) is 2.21. The number of ether oxygens (including phenoxy) is 1. The molecule has 1 unspecified atom stereocenters. The van der Waals surface area contributed by atoms with Gasteiger partial charge in [-0.05, 0) is 13.3 Å². The van der Waals surface area contributed by atoms with E-state index in [2.05, 4.69) is 17.9 Å². The van der Waals surface area contributed by atoms with E-state index in [1.807, 2.05) is 6.92 Å². The molecule has 0 spiro atoms. The van der Waals surface area contributed by atoms with Gasteiger partial charge in [-0.15, -0.1) is 0 Å². The molecule has 1 aliphatic rings. The molecule has 1 saturated heterocycles. The number of hydrogen-bond acceptors (Lipinski definition) is 3. The summed E-state index contributed by atoms with van der Waals surface area (Å²) in [5.74, 6) is 0.450. The first kappa shape index (κ1) is 10.9. The molecular weight excluding hydrogens is 186 g/mol. The zero-order chi connectivity index (χ0) is 9.73. The van der Waals surface area contributed by atoms with Crippen molar-refractivity contribution in [2.24, 2.45) is 0 Å². The summed E-state index contributed by atoms with van der Waals surface area (Å²) >= 11 is 4.00. The van der Waals surface area contributed by atoms with Crippen LogP contribution in [0.1, 0.15) is 26.2 Å². The van der Waals surface area contributed by atoms with E-state index in [9.17, 15) is 4.79 Å². The summed E-state index contributed by atoms with van der Waals surface area (Å²) in [5.41, 5.74) is -0.238. The quantitative estimate of drug-likeness (QED) is 0.500. The molecule has 2 N–H and O–H groups in total. The third-order valence-corrected chi connectivity index (χ3v) is 2.59. The van der Waals surface area contributed by atoms with Crippen LogP contribution in [0.5, 0.6) is 0 Å². The molecule has 1 aliphatic heterocycles. The Hall–Kier alpha value is -0.220. The molecule has 1 fully saturated rings. The highest BCUT2D eigenvalue weighted by Gasteiger charge is 2.33. The van der Waals surface area contributed by atoms with E-state index in [-0.39, 0.29) is 11.6 Å². The Morgan fingerprint density at radius 3 is 3.00 bits per heavy atom. The van der Waals surface area contributed by atoms with E-state index in [4.69, 9.17) is 4.74 Å². The molecule has 1 heterocycles. The molecular formula is C9H18NO2S+. The van der Waals surface area contributed by atoms with E-state index in [0.29, 0.717) is 12.2 Å². The second kappa shape index (κ2) is 4.86. The lowest BCUT2D eigenvalue weighted by atomic mass is 9.96. The normalized spacial score (nSPS) is 28.5. The topological polar surface area (TPSA) is 42.9 Å². The number of quaternary nitrogens is 1. The van der Waals surface area contributed by atoms with Crippen LogP contribution in [0.15, 0.2) is 0 Å². The Morgan fingerprint density at radius 1 is 1.69 bits per heavy atom. The second-order valence-corrected chi connectivity index (χ2v) is 4.23. The predicted octanol–water partition coefficient (Wildman–Crippen LogP) is -0.0346. The number of thiol groups is 1. The lowest BCUT2D eigenvalue weighted by Crippen LogP contribution is -2.90. The van der Waals surface area contributed by atoms with Gasteiger partial charge in [0.15, 0.2) is 5.60 Å². The summed E-state index contributed by atoms with van der Waals surface area (Å²) < 4.78 is 5.40. The predicted molar refractivity (Wildman–Crippen MR) is 53.9 cm³/mol. The van der Waals surface area contributed by atoms with Crippen LogP contribution in [0.4, 0.5) is 0 Å². The van der Waals surface area contributed by atoms with Gasteiger partial charge < -0.3 is 10.1 Å². The van der Waals surface area contributed by atoms with Crippen molar-refractivity contribution in [2.45, 2.75) is 31.8 Å². The summed E-state index contributed by atoms with van der Waals surface area (Å²) in [7, 11) is 0. The van der Waals surface area contributed by atoms with Gasteiger partial charge in [-0.3, -0.25) is 4.79 Å². The summed E-state index contributed by atoms with van der Waals surface area (Å²) in [6.07, 6.45) is 2.53. The molecule has 0 aromatic carbocycles. The molecule has 0 amide bonds. The number of esters is 1. The van der Waals surface area contributed by atoms with Crippen LogP contribution in [0.2, 0.25) is 0 Å².